The van der Waals surface area contributed by atoms with Gasteiger partial charge in [-0.3, -0.25) is 10.1 Å². The summed E-state index contributed by atoms with van der Waals surface area (Å²) in [4.78, 5) is 26.0. The first-order valence-corrected chi connectivity index (χ1v) is 11.7. The van der Waals surface area contributed by atoms with Crippen LogP contribution in [-0.2, 0) is 4.79 Å². The summed E-state index contributed by atoms with van der Waals surface area (Å²) >= 11 is 0. The van der Waals surface area contributed by atoms with Crippen LogP contribution in [0.2, 0.25) is 0 Å². The van der Waals surface area contributed by atoms with Crippen LogP contribution < -0.4 is 5.32 Å². The number of aromatic nitrogens is 4. The van der Waals surface area contributed by atoms with Gasteiger partial charge in [0, 0.05) is 29.3 Å². The van der Waals surface area contributed by atoms with E-state index in [4.69, 9.17) is 0 Å². The highest BCUT2D eigenvalue weighted by Crippen LogP contribution is 2.57. The zero-order valence-electron chi connectivity index (χ0n) is 19.0. The van der Waals surface area contributed by atoms with E-state index in [9.17, 15) is 9.18 Å². The van der Waals surface area contributed by atoms with E-state index in [2.05, 4.69) is 37.0 Å². The molecule has 3 aromatic carbocycles. The van der Waals surface area contributed by atoms with E-state index >= 15 is 0 Å². The van der Waals surface area contributed by atoms with Crippen molar-refractivity contribution in [3.63, 3.8) is 0 Å². The van der Waals surface area contributed by atoms with Gasteiger partial charge >= 0.3 is 0 Å². The Balaban J connectivity index is 1.23. The Kier molecular flexibility index (Phi) is 4.10. The van der Waals surface area contributed by atoms with E-state index < -0.39 is 5.41 Å². The van der Waals surface area contributed by atoms with Crippen LogP contribution in [0.3, 0.4) is 0 Å². The zero-order valence-corrected chi connectivity index (χ0v) is 19.0. The van der Waals surface area contributed by atoms with Crippen LogP contribution in [-0.4, -0.2) is 25.4 Å². The maximum Gasteiger partial charge on any atom is 0.235 e. The molecule has 6 nitrogen and oxygen atoms in total. The van der Waals surface area contributed by atoms with Crippen molar-refractivity contribution in [2.75, 3.05) is 5.32 Å². The number of benzene rings is 3. The van der Waals surface area contributed by atoms with Gasteiger partial charge in [-0.05, 0) is 42.0 Å². The largest absolute Gasteiger partial charge is 0.326 e. The molecule has 5 aromatic rings. The standard InChI is InChI=1S/C28H22FN5O/c1-28(14-21-17-7-3-5-9-20(17)24(28)34-13-12-30-25(21)34)26(35)33-27-31-15-23(32-27)19-10-11-22(29)18-8-4-2-6-16(18)19/h2-13,15,21,24H,14H2,1H3,(H2,31,32,33,35). The molecule has 0 saturated carbocycles. The number of hydrogen-bond donors (Lipinski definition) is 2. The molecule has 172 valence electrons. The Hall–Kier alpha value is -4.26. The Labute approximate surface area is 200 Å². The maximum atomic E-state index is 14.3. The van der Waals surface area contributed by atoms with Crippen molar-refractivity contribution in [2.45, 2.75) is 25.3 Å². The third-order valence-corrected chi connectivity index (χ3v) is 7.67. The van der Waals surface area contributed by atoms with Gasteiger partial charge in [0.1, 0.15) is 11.6 Å². The molecule has 3 unspecified atom stereocenters. The summed E-state index contributed by atoms with van der Waals surface area (Å²) in [5.74, 6) is 1.10. The van der Waals surface area contributed by atoms with Crippen LogP contribution in [0, 0.1) is 11.2 Å². The van der Waals surface area contributed by atoms with Gasteiger partial charge < -0.3 is 9.55 Å². The van der Waals surface area contributed by atoms with Gasteiger partial charge in [0.05, 0.1) is 23.3 Å². The minimum Gasteiger partial charge on any atom is -0.326 e. The molecule has 3 aliphatic rings. The first kappa shape index (κ1) is 20.1. The number of nitrogens with zero attached hydrogens (tertiary/aromatic N) is 3. The highest BCUT2D eigenvalue weighted by molar-refractivity contribution is 5.98. The summed E-state index contributed by atoms with van der Waals surface area (Å²) in [6, 6.07) is 18.7. The average Bonchev–Trinajstić information content (AvgIpc) is 3.55. The first-order chi connectivity index (χ1) is 17.0. The summed E-state index contributed by atoms with van der Waals surface area (Å²) in [5, 5.41) is 4.36. The molecule has 0 radical (unpaired) electrons. The Bertz CT molecular complexity index is 1640. The number of hydrogen-bond acceptors (Lipinski definition) is 3. The number of carbonyl (C=O) groups is 1. The lowest BCUT2D eigenvalue weighted by Gasteiger charge is -2.49. The number of carbonyl (C=O) groups excluding carboxylic acids is 1. The number of H-pyrrole nitrogens is 1. The molecule has 1 aliphatic carbocycles. The van der Waals surface area contributed by atoms with Gasteiger partial charge in [0.15, 0.2) is 0 Å². The quantitative estimate of drug-likeness (QED) is 0.363. The third-order valence-electron chi connectivity index (χ3n) is 7.67. The van der Waals surface area contributed by atoms with E-state index in [1.54, 1.807) is 18.3 Å². The third kappa shape index (κ3) is 2.78. The molecule has 0 spiro atoms. The number of amides is 1. The SMILES string of the molecule is CC1(C(=O)Nc2ncc(-c3ccc(F)c4ccccc34)[nH]2)CC2c3ccccc3C1n1ccnc12. The number of rotatable bonds is 3. The molecule has 2 aliphatic heterocycles. The van der Waals surface area contributed by atoms with E-state index in [0.29, 0.717) is 23.4 Å². The highest BCUT2D eigenvalue weighted by atomic mass is 19.1. The number of nitrogens with one attached hydrogen (secondary N) is 2. The normalized spacial score (nSPS) is 22.1. The molecule has 35 heavy (non-hydrogen) atoms. The topological polar surface area (TPSA) is 75.6 Å². The molecule has 0 saturated heterocycles. The van der Waals surface area contributed by atoms with Crippen molar-refractivity contribution >= 4 is 22.6 Å². The molecule has 2 aromatic heterocycles. The summed E-state index contributed by atoms with van der Waals surface area (Å²) in [7, 11) is 0. The smallest absolute Gasteiger partial charge is 0.235 e. The number of halogens is 1. The number of imidazole rings is 2. The number of aromatic amines is 1. The second-order valence-electron chi connectivity index (χ2n) is 9.64. The summed E-state index contributed by atoms with van der Waals surface area (Å²) in [6.07, 6.45) is 6.14. The minimum atomic E-state index is -0.678. The highest BCUT2D eigenvalue weighted by Gasteiger charge is 2.54. The number of anilines is 1. The molecule has 4 heterocycles. The summed E-state index contributed by atoms with van der Waals surface area (Å²) < 4.78 is 16.4. The van der Waals surface area contributed by atoms with Crippen LogP contribution >= 0.6 is 0 Å². The monoisotopic (exact) mass is 463 g/mol. The lowest BCUT2D eigenvalue weighted by Crippen LogP contribution is -2.50. The average molecular weight is 464 g/mol. The van der Waals surface area contributed by atoms with Crippen LogP contribution in [0.5, 0.6) is 0 Å². The Morgan fingerprint density at radius 1 is 1.06 bits per heavy atom. The molecule has 2 N–H and O–H groups in total. The molecule has 7 heteroatoms. The predicted molar refractivity (Wildman–Crippen MR) is 131 cm³/mol. The van der Waals surface area contributed by atoms with Crippen molar-refractivity contribution in [1.82, 2.24) is 19.5 Å². The van der Waals surface area contributed by atoms with Crippen LogP contribution in [0.4, 0.5) is 10.3 Å². The lowest BCUT2D eigenvalue weighted by molar-refractivity contribution is -0.128. The van der Waals surface area contributed by atoms with Crippen LogP contribution in [0.25, 0.3) is 22.0 Å². The Morgan fingerprint density at radius 3 is 2.69 bits per heavy atom. The van der Waals surface area contributed by atoms with E-state index in [1.807, 2.05) is 49.6 Å². The van der Waals surface area contributed by atoms with Crippen LogP contribution in [0.1, 0.15) is 42.3 Å². The van der Waals surface area contributed by atoms with Gasteiger partial charge in [-0.1, -0.05) is 48.5 Å². The zero-order chi connectivity index (χ0) is 23.7. The fourth-order valence-electron chi connectivity index (χ4n) is 6.05. The van der Waals surface area contributed by atoms with Crippen molar-refractivity contribution < 1.29 is 9.18 Å². The molecular formula is C28H22FN5O. The molecule has 1 amide bonds. The van der Waals surface area contributed by atoms with Gasteiger partial charge in [0.25, 0.3) is 0 Å². The predicted octanol–water partition coefficient (Wildman–Crippen LogP) is 5.65. The van der Waals surface area contributed by atoms with E-state index in [0.717, 1.165) is 16.8 Å². The molecular weight excluding hydrogens is 441 g/mol. The fraction of sp³-hybridized carbons (Fsp3) is 0.179. The van der Waals surface area contributed by atoms with Gasteiger partial charge in [-0.25, -0.2) is 14.4 Å². The summed E-state index contributed by atoms with van der Waals surface area (Å²) in [5.41, 5.74) is 3.29. The second-order valence-corrected chi connectivity index (χ2v) is 9.64. The summed E-state index contributed by atoms with van der Waals surface area (Å²) in [6.45, 7) is 2.02. The molecule has 0 fully saturated rings. The fourth-order valence-corrected chi connectivity index (χ4v) is 6.05. The molecule has 3 atom stereocenters. The van der Waals surface area contributed by atoms with Gasteiger partial charge in [-0.15, -0.1) is 0 Å². The van der Waals surface area contributed by atoms with E-state index in [-0.39, 0.29) is 23.7 Å². The van der Waals surface area contributed by atoms with Crippen LogP contribution in [0.15, 0.2) is 79.3 Å². The lowest BCUT2D eigenvalue weighted by atomic mass is 9.61. The Morgan fingerprint density at radius 2 is 1.83 bits per heavy atom. The molecule has 8 rings (SSSR count). The molecule has 2 bridgehead atoms. The second kappa shape index (κ2) is 7.12. The van der Waals surface area contributed by atoms with Gasteiger partial charge in [-0.2, -0.15) is 0 Å². The van der Waals surface area contributed by atoms with E-state index in [1.165, 1.54) is 17.2 Å². The van der Waals surface area contributed by atoms with Crippen molar-refractivity contribution in [3.8, 4) is 11.3 Å². The van der Waals surface area contributed by atoms with Crippen molar-refractivity contribution in [2.24, 2.45) is 5.41 Å². The van der Waals surface area contributed by atoms with Gasteiger partial charge in [0.2, 0.25) is 11.9 Å². The maximum absolute atomic E-state index is 14.3. The first-order valence-electron chi connectivity index (χ1n) is 11.7. The van der Waals surface area contributed by atoms with Crippen molar-refractivity contribution in [1.29, 1.82) is 0 Å². The number of fused-ring (bicyclic) bond motifs is 2. The van der Waals surface area contributed by atoms with Crippen molar-refractivity contribution in [3.05, 3.63) is 102 Å². The minimum absolute atomic E-state index is 0.0692.